The van der Waals surface area contributed by atoms with Gasteiger partial charge < -0.3 is 4.74 Å². The zero-order valence-electron chi connectivity index (χ0n) is 13.2. The minimum absolute atomic E-state index is 0.0587. The molecule has 1 heterocycles. The van der Waals surface area contributed by atoms with Crippen molar-refractivity contribution in [3.63, 3.8) is 0 Å². The predicted molar refractivity (Wildman–Crippen MR) is 82.7 cm³/mol. The van der Waals surface area contributed by atoms with Crippen LogP contribution < -0.4 is 16.0 Å². The Balaban J connectivity index is 2.12. The summed E-state index contributed by atoms with van der Waals surface area (Å²) in [6.45, 7) is 6.59. The number of halogens is 1. The Kier molecular flexibility index (Phi) is 5.19. The Hall–Kier alpha value is -1.17. The minimum atomic E-state index is -0.329. The lowest BCUT2D eigenvalue weighted by atomic mass is 9.88. The fraction of sp³-hybridized carbons (Fsp3) is 0.625. The molecule has 21 heavy (non-hydrogen) atoms. The first-order valence-corrected chi connectivity index (χ1v) is 7.52. The van der Waals surface area contributed by atoms with Gasteiger partial charge in [0.15, 0.2) is 11.6 Å². The summed E-state index contributed by atoms with van der Waals surface area (Å²) in [6.07, 6.45) is 3.15. The molecule has 3 N–H and O–H groups in total. The zero-order valence-corrected chi connectivity index (χ0v) is 13.2. The number of nitrogens with zero attached hydrogens (tertiary/aromatic N) is 1. The fourth-order valence-electron chi connectivity index (χ4n) is 3.10. The lowest BCUT2D eigenvalue weighted by Gasteiger charge is -2.42. The summed E-state index contributed by atoms with van der Waals surface area (Å²) in [5.74, 6) is 5.72. The molecule has 1 fully saturated rings. The molecule has 5 heteroatoms. The van der Waals surface area contributed by atoms with Gasteiger partial charge >= 0.3 is 0 Å². The number of hydrogen-bond acceptors (Lipinski definition) is 4. The highest BCUT2D eigenvalue weighted by atomic mass is 19.1. The molecule has 0 spiro atoms. The monoisotopic (exact) mass is 295 g/mol. The summed E-state index contributed by atoms with van der Waals surface area (Å²) in [6, 6.07) is 5.15. The highest BCUT2D eigenvalue weighted by molar-refractivity contribution is 5.30. The molecule has 0 bridgehead atoms. The van der Waals surface area contributed by atoms with E-state index >= 15 is 0 Å². The summed E-state index contributed by atoms with van der Waals surface area (Å²) in [5.41, 5.74) is 3.77. The molecular weight excluding hydrogens is 269 g/mol. The van der Waals surface area contributed by atoms with Gasteiger partial charge in [-0.3, -0.25) is 16.2 Å². The topological polar surface area (TPSA) is 50.5 Å². The number of ether oxygens (including phenoxy) is 1. The highest BCUT2D eigenvalue weighted by Gasteiger charge is 2.36. The molecule has 4 nitrogen and oxygen atoms in total. The van der Waals surface area contributed by atoms with Crippen molar-refractivity contribution >= 4 is 0 Å². The molecule has 0 amide bonds. The van der Waals surface area contributed by atoms with E-state index in [1.54, 1.807) is 6.07 Å². The molecular formula is C16H26FN3O. The normalized spacial score (nSPS) is 18.0. The van der Waals surface area contributed by atoms with Crippen LogP contribution >= 0.6 is 0 Å². The Labute approximate surface area is 126 Å². The van der Waals surface area contributed by atoms with E-state index in [0.29, 0.717) is 6.42 Å². The third kappa shape index (κ3) is 3.54. The van der Waals surface area contributed by atoms with Crippen LogP contribution in [0.5, 0.6) is 5.75 Å². The van der Waals surface area contributed by atoms with E-state index in [4.69, 9.17) is 10.6 Å². The summed E-state index contributed by atoms with van der Waals surface area (Å²) in [7, 11) is 1.47. The number of benzene rings is 1. The number of rotatable bonds is 6. The fourth-order valence-corrected chi connectivity index (χ4v) is 3.10. The maximum Gasteiger partial charge on any atom is 0.165 e. The summed E-state index contributed by atoms with van der Waals surface area (Å²) in [5, 5.41) is 0. The number of hydrogen-bond donors (Lipinski definition) is 2. The minimum Gasteiger partial charge on any atom is -0.494 e. The third-order valence-corrected chi connectivity index (χ3v) is 4.63. The first-order chi connectivity index (χ1) is 9.98. The molecule has 0 aliphatic carbocycles. The first-order valence-electron chi connectivity index (χ1n) is 7.52. The maximum atomic E-state index is 13.8. The van der Waals surface area contributed by atoms with Crippen LogP contribution in [-0.4, -0.2) is 36.7 Å². The number of nitrogens with one attached hydrogen (secondary N) is 1. The molecule has 1 aromatic rings. The lowest BCUT2D eigenvalue weighted by Crippen LogP contribution is -2.59. The van der Waals surface area contributed by atoms with Crippen LogP contribution in [0, 0.1) is 5.82 Å². The van der Waals surface area contributed by atoms with Gasteiger partial charge in [-0.25, -0.2) is 4.39 Å². The summed E-state index contributed by atoms with van der Waals surface area (Å²) >= 11 is 0. The average molecular weight is 295 g/mol. The quantitative estimate of drug-likeness (QED) is 0.623. The molecule has 1 aromatic carbocycles. The van der Waals surface area contributed by atoms with E-state index in [1.165, 1.54) is 26.0 Å². The maximum absolute atomic E-state index is 13.8. The standard InChI is InChI=1S/C16H26FN3O/c1-16(2,20-8-4-5-9-20)15(19-18)11-12-6-7-14(21-3)13(17)10-12/h6-7,10,15,19H,4-5,8-9,11,18H2,1-3H3. The summed E-state index contributed by atoms with van der Waals surface area (Å²) < 4.78 is 18.8. The van der Waals surface area contributed by atoms with E-state index in [2.05, 4.69) is 24.2 Å². The molecule has 2 rings (SSSR count). The largest absolute Gasteiger partial charge is 0.494 e. The smallest absolute Gasteiger partial charge is 0.165 e. The van der Waals surface area contributed by atoms with Crippen LogP contribution in [0.1, 0.15) is 32.3 Å². The molecule has 1 unspecified atom stereocenters. The van der Waals surface area contributed by atoms with Crippen LogP contribution in [0.3, 0.4) is 0 Å². The Bertz CT molecular complexity index is 473. The number of hydrazine groups is 1. The van der Waals surface area contributed by atoms with Crippen LogP contribution in [0.25, 0.3) is 0 Å². The third-order valence-electron chi connectivity index (χ3n) is 4.63. The number of nitrogens with two attached hydrogens (primary N) is 1. The van der Waals surface area contributed by atoms with Gasteiger partial charge in [0.05, 0.1) is 7.11 Å². The van der Waals surface area contributed by atoms with E-state index in [9.17, 15) is 4.39 Å². The molecule has 0 aromatic heterocycles. The van der Waals surface area contributed by atoms with E-state index < -0.39 is 0 Å². The van der Waals surface area contributed by atoms with Crippen molar-refractivity contribution in [1.82, 2.24) is 10.3 Å². The summed E-state index contributed by atoms with van der Waals surface area (Å²) in [4.78, 5) is 2.46. The van der Waals surface area contributed by atoms with Crippen LogP contribution in [0.15, 0.2) is 18.2 Å². The van der Waals surface area contributed by atoms with Gasteiger partial charge in [-0.2, -0.15) is 0 Å². The Morgan fingerprint density at radius 3 is 2.57 bits per heavy atom. The van der Waals surface area contributed by atoms with E-state index in [0.717, 1.165) is 18.7 Å². The second kappa shape index (κ2) is 6.73. The molecule has 0 radical (unpaired) electrons. The van der Waals surface area contributed by atoms with Crippen molar-refractivity contribution in [2.75, 3.05) is 20.2 Å². The van der Waals surface area contributed by atoms with Crippen molar-refractivity contribution in [2.45, 2.75) is 44.7 Å². The second-order valence-electron chi connectivity index (χ2n) is 6.24. The Morgan fingerprint density at radius 1 is 1.38 bits per heavy atom. The average Bonchev–Trinajstić information content (AvgIpc) is 2.99. The molecule has 1 saturated heterocycles. The van der Waals surface area contributed by atoms with E-state index in [-0.39, 0.29) is 23.1 Å². The van der Waals surface area contributed by atoms with Crippen molar-refractivity contribution in [3.05, 3.63) is 29.6 Å². The van der Waals surface area contributed by atoms with Gasteiger partial charge in [0, 0.05) is 11.6 Å². The van der Waals surface area contributed by atoms with Crippen molar-refractivity contribution in [3.8, 4) is 5.75 Å². The first kappa shape index (κ1) is 16.2. The van der Waals surface area contributed by atoms with Gasteiger partial charge in [-0.05, 0) is 63.9 Å². The van der Waals surface area contributed by atoms with Crippen LogP contribution in [0.4, 0.5) is 4.39 Å². The van der Waals surface area contributed by atoms with Crippen LogP contribution in [0.2, 0.25) is 0 Å². The van der Waals surface area contributed by atoms with Gasteiger partial charge in [0.1, 0.15) is 0 Å². The van der Waals surface area contributed by atoms with Crippen LogP contribution in [-0.2, 0) is 6.42 Å². The highest BCUT2D eigenvalue weighted by Crippen LogP contribution is 2.27. The molecule has 0 saturated carbocycles. The molecule has 1 aliphatic rings. The Morgan fingerprint density at radius 2 is 2.05 bits per heavy atom. The lowest BCUT2D eigenvalue weighted by molar-refractivity contribution is 0.106. The van der Waals surface area contributed by atoms with Gasteiger partial charge in [0.25, 0.3) is 0 Å². The van der Waals surface area contributed by atoms with Gasteiger partial charge in [0.2, 0.25) is 0 Å². The zero-order chi connectivity index (χ0) is 15.5. The second-order valence-corrected chi connectivity index (χ2v) is 6.24. The van der Waals surface area contributed by atoms with Crippen molar-refractivity contribution < 1.29 is 9.13 Å². The molecule has 118 valence electrons. The molecule has 1 atom stereocenters. The van der Waals surface area contributed by atoms with Gasteiger partial charge in [-0.1, -0.05) is 6.07 Å². The molecule has 1 aliphatic heterocycles. The SMILES string of the molecule is COc1ccc(CC(NN)C(C)(C)N2CCCC2)cc1F. The number of likely N-dealkylation sites (tertiary alicyclic amines) is 1. The van der Waals surface area contributed by atoms with E-state index in [1.807, 2.05) is 6.07 Å². The van der Waals surface area contributed by atoms with Gasteiger partial charge in [-0.15, -0.1) is 0 Å². The van der Waals surface area contributed by atoms with Crippen molar-refractivity contribution in [2.24, 2.45) is 5.84 Å². The predicted octanol–water partition coefficient (Wildman–Crippen LogP) is 2.08. The van der Waals surface area contributed by atoms with Crippen molar-refractivity contribution in [1.29, 1.82) is 0 Å². The number of methoxy groups -OCH3 is 1.